The Bertz CT molecular complexity index is 632. The number of fused-ring (bicyclic) bond motifs is 1. The van der Waals surface area contributed by atoms with Gasteiger partial charge in [-0.3, -0.25) is 0 Å². The summed E-state index contributed by atoms with van der Waals surface area (Å²) in [7, 11) is 1.69. The van der Waals surface area contributed by atoms with Gasteiger partial charge in [0.05, 0.1) is 19.3 Å². The van der Waals surface area contributed by atoms with E-state index in [1.807, 2.05) is 24.4 Å². The number of anilines is 1. The molecule has 2 aromatic rings. The van der Waals surface area contributed by atoms with Gasteiger partial charge in [-0.1, -0.05) is 12.1 Å². The van der Waals surface area contributed by atoms with Crippen LogP contribution < -0.4 is 15.4 Å². The van der Waals surface area contributed by atoms with Crippen LogP contribution in [0.25, 0.3) is 10.8 Å². The number of pyridine rings is 1. The van der Waals surface area contributed by atoms with Gasteiger partial charge in [0.1, 0.15) is 11.6 Å². The Morgan fingerprint density at radius 2 is 2.19 bits per heavy atom. The van der Waals surface area contributed by atoms with Crippen molar-refractivity contribution < 1.29 is 9.47 Å². The zero-order valence-electron chi connectivity index (χ0n) is 12.5. The van der Waals surface area contributed by atoms with Gasteiger partial charge in [0.25, 0.3) is 0 Å². The molecule has 1 aliphatic heterocycles. The molecule has 2 atom stereocenters. The molecule has 1 saturated heterocycles. The molecular formula is C16H21N3O2. The van der Waals surface area contributed by atoms with Crippen LogP contribution in [0.4, 0.5) is 5.82 Å². The van der Waals surface area contributed by atoms with Gasteiger partial charge in [-0.25, -0.2) is 4.98 Å². The first-order chi connectivity index (χ1) is 10.2. The largest absolute Gasteiger partial charge is 0.496 e. The van der Waals surface area contributed by atoms with Crippen LogP contribution in [-0.4, -0.2) is 43.9 Å². The number of morpholine rings is 1. The van der Waals surface area contributed by atoms with Gasteiger partial charge in [-0.05, 0) is 19.1 Å². The molecule has 1 aromatic carbocycles. The second kappa shape index (κ2) is 5.87. The normalized spacial score (nSPS) is 22.5. The van der Waals surface area contributed by atoms with E-state index in [1.54, 1.807) is 7.11 Å². The standard InChI is InChI=1S/C16H21N3O2/c1-11-9-19(10-12(8-17)21-11)16-14-4-3-5-15(20-2)13(14)6-7-18-16/h3-7,11-12H,8-10,17H2,1-2H3. The fourth-order valence-electron chi connectivity index (χ4n) is 2.94. The number of rotatable bonds is 3. The Kier molecular flexibility index (Phi) is 3.94. The minimum atomic E-state index is 0.0522. The SMILES string of the molecule is COc1cccc2c(N3CC(C)OC(CN)C3)nccc12. The van der Waals surface area contributed by atoms with E-state index < -0.39 is 0 Å². The molecule has 1 aromatic heterocycles. The van der Waals surface area contributed by atoms with Gasteiger partial charge >= 0.3 is 0 Å². The molecular weight excluding hydrogens is 266 g/mol. The summed E-state index contributed by atoms with van der Waals surface area (Å²) in [5.74, 6) is 1.84. The fraction of sp³-hybridized carbons (Fsp3) is 0.438. The van der Waals surface area contributed by atoms with Crippen LogP contribution in [0, 0.1) is 0 Å². The number of nitrogens with two attached hydrogens (primary N) is 1. The predicted octanol–water partition coefficient (Wildman–Crippen LogP) is 1.80. The number of methoxy groups -OCH3 is 1. The Morgan fingerprint density at radius 1 is 1.33 bits per heavy atom. The van der Waals surface area contributed by atoms with Crippen molar-refractivity contribution in [1.82, 2.24) is 4.98 Å². The number of hydrogen-bond donors (Lipinski definition) is 1. The van der Waals surface area contributed by atoms with Gasteiger partial charge in [-0.2, -0.15) is 0 Å². The summed E-state index contributed by atoms with van der Waals surface area (Å²) in [6, 6.07) is 8.03. The van der Waals surface area contributed by atoms with Crippen molar-refractivity contribution in [3.8, 4) is 5.75 Å². The van der Waals surface area contributed by atoms with E-state index in [9.17, 15) is 0 Å². The number of hydrogen-bond acceptors (Lipinski definition) is 5. The van der Waals surface area contributed by atoms with Gasteiger partial charge in [-0.15, -0.1) is 0 Å². The first-order valence-corrected chi connectivity index (χ1v) is 7.25. The fourth-order valence-corrected chi connectivity index (χ4v) is 2.94. The van der Waals surface area contributed by atoms with E-state index in [0.29, 0.717) is 6.54 Å². The summed E-state index contributed by atoms with van der Waals surface area (Å²) >= 11 is 0. The molecule has 2 unspecified atom stereocenters. The molecule has 5 nitrogen and oxygen atoms in total. The van der Waals surface area contributed by atoms with E-state index in [2.05, 4.69) is 22.9 Å². The average molecular weight is 287 g/mol. The molecule has 0 bridgehead atoms. The molecule has 3 rings (SSSR count). The molecule has 0 amide bonds. The van der Waals surface area contributed by atoms with Crippen LogP contribution in [0.5, 0.6) is 5.75 Å². The number of aromatic nitrogens is 1. The van der Waals surface area contributed by atoms with Crippen LogP contribution >= 0.6 is 0 Å². The minimum absolute atomic E-state index is 0.0522. The first kappa shape index (κ1) is 14.1. The molecule has 0 aliphatic carbocycles. The van der Waals surface area contributed by atoms with Gasteiger partial charge in [0.2, 0.25) is 0 Å². The molecule has 1 aliphatic rings. The van der Waals surface area contributed by atoms with Crippen molar-refractivity contribution in [2.24, 2.45) is 5.73 Å². The van der Waals surface area contributed by atoms with Crippen LogP contribution in [0.2, 0.25) is 0 Å². The molecule has 5 heteroatoms. The Balaban J connectivity index is 2.04. The van der Waals surface area contributed by atoms with E-state index >= 15 is 0 Å². The second-order valence-electron chi connectivity index (χ2n) is 5.40. The quantitative estimate of drug-likeness (QED) is 0.932. The topological polar surface area (TPSA) is 60.6 Å². The molecule has 21 heavy (non-hydrogen) atoms. The van der Waals surface area contributed by atoms with Crippen LogP contribution in [-0.2, 0) is 4.74 Å². The van der Waals surface area contributed by atoms with Crippen molar-refractivity contribution in [2.45, 2.75) is 19.1 Å². The van der Waals surface area contributed by atoms with Crippen molar-refractivity contribution >= 4 is 16.6 Å². The zero-order valence-corrected chi connectivity index (χ0v) is 12.5. The highest BCUT2D eigenvalue weighted by Crippen LogP contribution is 2.32. The van der Waals surface area contributed by atoms with Gasteiger partial charge < -0.3 is 20.1 Å². The van der Waals surface area contributed by atoms with Gasteiger partial charge in [0.15, 0.2) is 0 Å². The number of nitrogens with zero attached hydrogens (tertiary/aromatic N) is 2. The van der Waals surface area contributed by atoms with E-state index in [-0.39, 0.29) is 12.2 Å². The lowest BCUT2D eigenvalue weighted by Crippen LogP contribution is -2.49. The third-order valence-electron chi connectivity index (χ3n) is 3.85. The number of benzene rings is 1. The van der Waals surface area contributed by atoms with Crippen LogP contribution in [0.1, 0.15) is 6.92 Å². The third kappa shape index (κ3) is 2.66. The maximum Gasteiger partial charge on any atom is 0.136 e. The predicted molar refractivity (Wildman–Crippen MR) is 83.9 cm³/mol. The van der Waals surface area contributed by atoms with Crippen molar-refractivity contribution in [2.75, 3.05) is 31.6 Å². The monoisotopic (exact) mass is 287 g/mol. The van der Waals surface area contributed by atoms with E-state index in [1.165, 1.54) is 0 Å². The molecule has 2 heterocycles. The maximum atomic E-state index is 5.82. The molecule has 0 spiro atoms. The zero-order chi connectivity index (χ0) is 14.8. The summed E-state index contributed by atoms with van der Waals surface area (Å²) in [6.45, 7) is 4.18. The molecule has 1 fully saturated rings. The smallest absolute Gasteiger partial charge is 0.136 e. The summed E-state index contributed by atoms with van der Waals surface area (Å²) in [6.07, 6.45) is 2.03. The Morgan fingerprint density at radius 3 is 2.95 bits per heavy atom. The first-order valence-electron chi connectivity index (χ1n) is 7.25. The second-order valence-corrected chi connectivity index (χ2v) is 5.40. The van der Waals surface area contributed by atoms with Crippen molar-refractivity contribution in [3.05, 3.63) is 30.5 Å². The Hall–Kier alpha value is -1.85. The van der Waals surface area contributed by atoms with Crippen LogP contribution in [0.15, 0.2) is 30.5 Å². The van der Waals surface area contributed by atoms with E-state index in [4.69, 9.17) is 15.2 Å². The molecule has 112 valence electrons. The summed E-state index contributed by atoms with van der Waals surface area (Å²) in [4.78, 5) is 6.84. The highest BCUT2D eigenvalue weighted by Gasteiger charge is 2.26. The highest BCUT2D eigenvalue weighted by molar-refractivity contribution is 5.96. The summed E-state index contributed by atoms with van der Waals surface area (Å²) in [5.41, 5.74) is 5.77. The lowest BCUT2D eigenvalue weighted by molar-refractivity contribution is -0.0106. The lowest BCUT2D eigenvalue weighted by Gasteiger charge is -2.37. The van der Waals surface area contributed by atoms with Crippen molar-refractivity contribution in [3.63, 3.8) is 0 Å². The van der Waals surface area contributed by atoms with E-state index in [0.717, 1.165) is 35.4 Å². The third-order valence-corrected chi connectivity index (χ3v) is 3.85. The average Bonchev–Trinajstić information content (AvgIpc) is 2.53. The summed E-state index contributed by atoms with van der Waals surface area (Å²) < 4.78 is 11.3. The van der Waals surface area contributed by atoms with Crippen molar-refractivity contribution in [1.29, 1.82) is 0 Å². The molecule has 0 radical (unpaired) electrons. The molecule has 0 saturated carbocycles. The summed E-state index contributed by atoms with van der Waals surface area (Å²) in [5, 5.41) is 2.18. The van der Waals surface area contributed by atoms with Gasteiger partial charge in [0, 0.05) is 36.6 Å². The minimum Gasteiger partial charge on any atom is -0.496 e. The lowest BCUT2D eigenvalue weighted by atomic mass is 10.1. The number of ether oxygens (including phenoxy) is 2. The van der Waals surface area contributed by atoms with Crippen LogP contribution in [0.3, 0.4) is 0 Å². The maximum absolute atomic E-state index is 5.82. The Labute approximate surface area is 124 Å². The molecule has 2 N–H and O–H groups in total. The highest BCUT2D eigenvalue weighted by atomic mass is 16.5.